The van der Waals surface area contributed by atoms with E-state index in [9.17, 15) is 22.4 Å². The van der Waals surface area contributed by atoms with E-state index >= 15 is 0 Å². The molecule has 3 rings (SSSR count). The van der Waals surface area contributed by atoms with Gasteiger partial charge < -0.3 is 9.72 Å². The third-order valence-corrected chi connectivity index (χ3v) is 3.51. The van der Waals surface area contributed by atoms with Crippen molar-refractivity contribution in [2.75, 3.05) is 7.11 Å². The van der Waals surface area contributed by atoms with Gasteiger partial charge in [-0.2, -0.15) is 13.2 Å². The maximum Gasteiger partial charge on any atom is 0.418 e. The number of nitrogens with one attached hydrogen (secondary N) is 1. The van der Waals surface area contributed by atoms with Crippen LogP contribution in [0.1, 0.15) is 15.9 Å². The Balaban J connectivity index is 2.09. The maximum absolute atomic E-state index is 13.7. The smallest absolute Gasteiger partial charge is 0.418 e. The van der Waals surface area contributed by atoms with Gasteiger partial charge in [0.25, 0.3) is 0 Å². The Morgan fingerprint density at radius 3 is 2.62 bits per heavy atom. The van der Waals surface area contributed by atoms with Crippen molar-refractivity contribution in [3.63, 3.8) is 0 Å². The van der Waals surface area contributed by atoms with Gasteiger partial charge in [0.15, 0.2) is 0 Å². The number of alkyl halides is 3. The largest absolute Gasteiger partial charge is 0.465 e. The molecule has 124 valence electrons. The van der Waals surface area contributed by atoms with Crippen LogP contribution in [0.2, 0.25) is 0 Å². The average Bonchev–Trinajstić information content (AvgIpc) is 2.97. The summed E-state index contributed by atoms with van der Waals surface area (Å²) in [5.74, 6) is -1.61. The summed E-state index contributed by atoms with van der Waals surface area (Å²) < 4.78 is 56.7. The van der Waals surface area contributed by atoms with Crippen LogP contribution < -0.4 is 0 Å². The Morgan fingerprint density at radius 1 is 1.21 bits per heavy atom. The number of methoxy groups -OCH3 is 1. The second-order valence-corrected chi connectivity index (χ2v) is 4.98. The van der Waals surface area contributed by atoms with E-state index in [2.05, 4.69) is 14.7 Å². The van der Waals surface area contributed by atoms with E-state index in [1.54, 1.807) is 0 Å². The molecule has 0 saturated heterocycles. The van der Waals surface area contributed by atoms with Gasteiger partial charge in [0.1, 0.15) is 11.5 Å². The third kappa shape index (κ3) is 2.70. The summed E-state index contributed by atoms with van der Waals surface area (Å²) in [6.07, 6.45) is -3.65. The first-order valence-corrected chi connectivity index (χ1v) is 6.75. The number of H-pyrrole nitrogens is 1. The monoisotopic (exact) mass is 338 g/mol. The van der Waals surface area contributed by atoms with Crippen molar-refractivity contribution in [3.05, 3.63) is 53.5 Å². The van der Waals surface area contributed by atoms with E-state index in [1.807, 2.05) is 0 Å². The molecule has 8 heteroatoms. The molecule has 3 aromatic rings. The van der Waals surface area contributed by atoms with Crippen LogP contribution >= 0.6 is 0 Å². The second-order valence-electron chi connectivity index (χ2n) is 4.98. The summed E-state index contributed by atoms with van der Waals surface area (Å²) in [5.41, 5.74) is -0.376. The molecule has 0 fully saturated rings. The molecule has 24 heavy (non-hydrogen) atoms. The molecule has 0 amide bonds. The summed E-state index contributed by atoms with van der Waals surface area (Å²) in [4.78, 5) is 18.1. The van der Waals surface area contributed by atoms with E-state index in [0.29, 0.717) is 11.3 Å². The summed E-state index contributed by atoms with van der Waals surface area (Å²) in [7, 11) is 1.12. The summed E-state index contributed by atoms with van der Waals surface area (Å²) in [6.45, 7) is 0. The van der Waals surface area contributed by atoms with Crippen LogP contribution in [0.5, 0.6) is 0 Å². The fourth-order valence-electron chi connectivity index (χ4n) is 2.35. The van der Waals surface area contributed by atoms with Gasteiger partial charge in [-0.1, -0.05) is 0 Å². The molecule has 1 aromatic carbocycles. The van der Waals surface area contributed by atoms with Gasteiger partial charge in [-0.05, 0) is 30.3 Å². The molecule has 0 bridgehead atoms. The van der Waals surface area contributed by atoms with E-state index in [4.69, 9.17) is 0 Å². The zero-order chi connectivity index (χ0) is 17.5. The minimum atomic E-state index is -4.49. The van der Waals surface area contributed by atoms with Gasteiger partial charge in [-0.25, -0.2) is 14.2 Å². The van der Waals surface area contributed by atoms with Crippen LogP contribution in [0.15, 0.2) is 36.5 Å². The van der Waals surface area contributed by atoms with Crippen LogP contribution in [0.4, 0.5) is 17.6 Å². The summed E-state index contributed by atoms with van der Waals surface area (Å²) >= 11 is 0. The van der Waals surface area contributed by atoms with Crippen molar-refractivity contribution in [3.8, 4) is 11.3 Å². The highest BCUT2D eigenvalue weighted by atomic mass is 19.4. The van der Waals surface area contributed by atoms with E-state index < -0.39 is 23.5 Å². The van der Waals surface area contributed by atoms with Crippen molar-refractivity contribution in [1.82, 2.24) is 9.97 Å². The van der Waals surface area contributed by atoms with Gasteiger partial charge >= 0.3 is 12.1 Å². The molecule has 0 saturated carbocycles. The number of hydrogen-bond acceptors (Lipinski definition) is 3. The number of aromatic nitrogens is 2. The summed E-state index contributed by atoms with van der Waals surface area (Å²) in [5, 5.41) is -0.0680. The van der Waals surface area contributed by atoms with Crippen LogP contribution in [-0.2, 0) is 10.9 Å². The van der Waals surface area contributed by atoms with E-state index in [-0.39, 0.29) is 16.6 Å². The predicted octanol–water partition coefficient (Wildman–Crippen LogP) is 4.17. The topological polar surface area (TPSA) is 55.0 Å². The third-order valence-electron chi connectivity index (χ3n) is 3.51. The zero-order valence-electron chi connectivity index (χ0n) is 12.2. The van der Waals surface area contributed by atoms with Gasteiger partial charge in [0, 0.05) is 17.1 Å². The minimum absolute atomic E-state index is 0.0452. The number of carbonyl (C=O) groups is 1. The first kappa shape index (κ1) is 16.0. The molecule has 4 nitrogen and oxygen atoms in total. The predicted molar refractivity (Wildman–Crippen MR) is 77.8 cm³/mol. The van der Waals surface area contributed by atoms with Crippen LogP contribution in [0.25, 0.3) is 22.3 Å². The Kier molecular flexibility index (Phi) is 3.75. The maximum atomic E-state index is 13.7. The van der Waals surface area contributed by atoms with Crippen molar-refractivity contribution < 1.29 is 27.1 Å². The highest BCUT2D eigenvalue weighted by Gasteiger charge is 2.33. The fraction of sp³-hybridized carbons (Fsp3) is 0.125. The number of aromatic amines is 1. The average molecular weight is 338 g/mol. The van der Waals surface area contributed by atoms with Gasteiger partial charge in [0.05, 0.1) is 23.9 Å². The number of esters is 1. The van der Waals surface area contributed by atoms with Crippen LogP contribution in [0, 0.1) is 5.82 Å². The van der Waals surface area contributed by atoms with Gasteiger partial charge in [-0.3, -0.25) is 0 Å². The molecule has 0 aliphatic heterocycles. The standard InChI is InChI=1S/C16H10F4N2O2/c1-24-15(23)10-6-8(2-4-12(10)17)13-5-3-9-11(16(18,19)20)7-21-14(9)22-13/h2-7H,1H3,(H,21,22). The first-order valence-electron chi connectivity index (χ1n) is 6.75. The number of fused-ring (bicyclic) bond motifs is 1. The van der Waals surface area contributed by atoms with E-state index in [1.165, 1.54) is 24.3 Å². The molecule has 2 aromatic heterocycles. The van der Waals surface area contributed by atoms with Gasteiger partial charge in [0.2, 0.25) is 0 Å². The minimum Gasteiger partial charge on any atom is -0.465 e. The molecule has 0 spiro atoms. The Hall–Kier alpha value is -2.90. The van der Waals surface area contributed by atoms with Crippen LogP contribution in [-0.4, -0.2) is 23.0 Å². The Bertz CT molecular complexity index is 931. The number of rotatable bonds is 2. The zero-order valence-corrected chi connectivity index (χ0v) is 12.2. The quantitative estimate of drug-likeness (QED) is 0.563. The van der Waals surface area contributed by atoms with Crippen LogP contribution in [0.3, 0.4) is 0 Å². The molecule has 2 heterocycles. The number of ether oxygens (including phenoxy) is 1. The number of pyridine rings is 1. The van der Waals surface area contributed by atoms with Gasteiger partial charge in [-0.15, -0.1) is 0 Å². The highest BCUT2D eigenvalue weighted by Crippen LogP contribution is 2.35. The normalized spacial score (nSPS) is 11.7. The second kappa shape index (κ2) is 5.63. The molecule has 0 atom stereocenters. The number of carbonyl (C=O) groups excluding carboxylic acids is 1. The Labute approximate surface area is 133 Å². The van der Waals surface area contributed by atoms with E-state index in [0.717, 1.165) is 19.4 Å². The fourth-order valence-corrected chi connectivity index (χ4v) is 2.35. The lowest BCUT2D eigenvalue weighted by Gasteiger charge is -2.06. The van der Waals surface area contributed by atoms with Crippen molar-refractivity contribution >= 4 is 17.0 Å². The Morgan fingerprint density at radius 2 is 1.96 bits per heavy atom. The number of halogens is 4. The molecule has 0 unspecified atom stereocenters. The number of benzene rings is 1. The first-order chi connectivity index (χ1) is 11.3. The lowest BCUT2D eigenvalue weighted by Crippen LogP contribution is -2.04. The molecular weight excluding hydrogens is 328 g/mol. The molecule has 1 N–H and O–H groups in total. The number of hydrogen-bond donors (Lipinski definition) is 1. The molecule has 0 aliphatic rings. The SMILES string of the molecule is COC(=O)c1cc(-c2ccc3c(C(F)(F)F)c[nH]c3n2)ccc1F. The lowest BCUT2D eigenvalue weighted by atomic mass is 10.1. The highest BCUT2D eigenvalue weighted by molar-refractivity contribution is 5.91. The lowest BCUT2D eigenvalue weighted by molar-refractivity contribution is -0.136. The van der Waals surface area contributed by atoms with Crippen molar-refractivity contribution in [2.24, 2.45) is 0 Å². The molecule has 0 aliphatic carbocycles. The number of nitrogens with zero attached hydrogens (tertiary/aromatic N) is 1. The molecular formula is C16H10F4N2O2. The summed E-state index contributed by atoms with van der Waals surface area (Å²) in [6, 6.07) is 6.34. The van der Waals surface area contributed by atoms with Crippen molar-refractivity contribution in [1.29, 1.82) is 0 Å². The van der Waals surface area contributed by atoms with Crippen molar-refractivity contribution in [2.45, 2.75) is 6.18 Å². The molecule has 0 radical (unpaired) electrons.